The molecule has 9 nitrogen and oxygen atoms in total. The van der Waals surface area contributed by atoms with Crippen molar-refractivity contribution in [3.63, 3.8) is 0 Å². The van der Waals surface area contributed by atoms with Crippen molar-refractivity contribution in [3.05, 3.63) is 57.1 Å². The molecule has 0 saturated carbocycles. The highest BCUT2D eigenvalue weighted by molar-refractivity contribution is 6.33. The molecule has 1 unspecified atom stereocenters. The summed E-state index contributed by atoms with van der Waals surface area (Å²) in [5, 5.41) is 7.61. The van der Waals surface area contributed by atoms with E-state index in [0.29, 0.717) is 54.3 Å². The van der Waals surface area contributed by atoms with Gasteiger partial charge in [-0.2, -0.15) is 0 Å². The van der Waals surface area contributed by atoms with Crippen LogP contribution in [-0.2, 0) is 11.8 Å². The lowest BCUT2D eigenvalue weighted by atomic mass is 9.89. The number of anilines is 3. The molecular weight excluding hydrogens is 523 g/mol. The normalized spacial score (nSPS) is 23.4. The van der Waals surface area contributed by atoms with E-state index in [2.05, 4.69) is 15.5 Å². The monoisotopic (exact) mass is 554 g/mol. The van der Waals surface area contributed by atoms with E-state index in [1.807, 2.05) is 36.9 Å². The largest absolute Gasteiger partial charge is 0.485 e. The second kappa shape index (κ2) is 11.4. The number of benzene rings is 1. The first-order chi connectivity index (χ1) is 18.7. The third-order valence-electron chi connectivity index (χ3n) is 7.34. The third kappa shape index (κ3) is 5.66. The highest BCUT2D eigenvalue weighted by Gasteiger charge is 2.33. The van der Waals surface area contributed by atoms with Crippen molar-refractivity contribution in [1.82, 2.24) is 14.9 Å². The maximum atomic E-state index is 14.4. The topological polar surface area (TPSA) is 85.0 Å². The van der Waals surface area contributed by atoms with E-state index in [1.165, 1.54) is 0 Å². The van der Waals surface area contributed by atoms with Crippen LogP contribution in [0.5, 0.6) is 5.75 Å². The van der Waals surface area contributed by atoms with Gasteiger partial charge in [0.15, 0.2) is 5.75 Å². The molecule has 0 aliphatic carbocycles. The van der Waals surface area contributed by atoms with E-state index in [0.717, 1.165) is 17.4 Å². The van der Waals surface area contributed by atoms with Crippen LogP contribution in [0.1, 0.15) is 13.8 Å². The zero-order chi connectivity index (χ0) is 27.7. The molecule has 0 amide bonds. The zero-order valence-electron chi connectivity index (χ0n) is 22.2. The summed E-state index contributed by atoms with van der Waals surface area (Å²) in [7, 11) is 1.71. The van der Waals surface area contributed by atoms with Crippen molar-refractivity contribution in [2.24, 2.45) is 18.9 Å². The predicted molar refractivity (Wildman–Crippen MR) is 152 cm³/mol. The van der Waals surface area contributed by atoms with Gasteiger partial charge < -0.3 is 29.6 Å². The van der Waals surface area contributed by atoms with Gasteiger partial charge in [0.25, 0.3) is 5.56 Å². The van der Waals surface area contributed by atoms with E-state index < -0.39 is 6.17 Å². The van der Waals surface area contributed by atoms with Gasteiger partial charge in [-0.3, -0.25) is 4.79 Å². The number of pyridine rings is 2. The fourth-order valence-corrected chi connectivity index (χ4v) is 5.45. The van der Waals surface area contributed by atoms with Crippen molar-refractivity contribution in [2.75, 3.05) is 49.6 Å². The van der Waals surface area contributed by atoms with Crippen LogP contribution in [-0.4, -0.2) is 61.2 Å². The molecule has 2 aliphatic rings. The van der Waals surface area contributed by atoms with Crippen molar-refractivity contribution >= 4 is 45.5 Å². The minimum absolute atomic E-state index is 0.116. The average Bonchev–Trinajstić information content (AvgIpc) is 2.94. The lowest BCUT2D eigenvalue weighted by molar-refractivity contribution is -0.000135. The summed E-state index contributed by atoms with van der Waals surface area (Å²) in [6, 6.07) is 8.89. The maximum Gasteiger partial charge on any atom is 0.293 e. The minimum Gasteiger partial charge on any atom is -0.485 e. The van der Waals surface area contributed by atoms with Crippen LogP contribution in [0.3, 0.4) is 0 Å². The number of halogens is 2. The molecule has 39 heavy (non-hydrogen) atoms. The molecule has 0 bridgehead atoms. The summed E-state index contributed by atoms with van der Waals surface area (Å²) >= 11 is 6.52. The van der Waals surface area contributed by atoms with Gasteiger partial charge >= 0.3 is 0 Å². The van der Waals surface area contributed by atoms with E-state index >= 15 is 0 Å². The van der Waals surface area contributed by atoms with E-state index in [-0.39, 0.29) is 35.9 Å². The lowest BCUT2D eigenvalue weighted by Crippen LogP contribution is -2.46. The molecule has 3 aromatic rings. The quantitative estimate of drug-likeness (QED) is 0.428. The Hall–Kier alpha value is -3.39. The second-order valence-corrected chi connectivity index (χ2v) is 10.8. The van der Waals surface area contributed by atoms with Crippen molar-refractivity contribution in [2.45, 2.75) is 26.1 Å². The first kappa shape index (κ1) is 27.2. The Kier molecular flexibility index (Phi) is 7.93. The van der Waals surface area contributed by atoms with Crippen LogP contribution in [0.25, 0.3) is 15.7 Å². The van der Waals surface area contributed by atoms with Crippen LogP contribution >= 0.6 is 11.6 Å². The molecule has 11 heteroatoms. The molecule has 4 atom stereocenters. The number of hydrogen-bond donors (Lipinski definition) is 2. The minimum atomic E-state index is -0.892. The van der Waals surface area contributed by atoms with Gasteiger partial charge in [0.2, 0.25) is 5.69 Å². The van der Waals surface area contributed by atoms with Crippen molar-refractivity contribution in [1.29, 1.82) is 0 Å². The number of alkyl halides is 1. The van der Waals surface area contributed by atoms with E-state index in [9.17, 15) is 9.18 Å². The van der Waals surface area contributed by atoms with E-state index in [4.69, 9.17) is 32.6 Å². The molecule has 2 aliphatic heterocycles. The summed E-state index contributed by atoms with van der Waals surface area (Å²) in [6.07, 6.45) is -1.01. The Morgan fingerprint density at radius 1 is 1.28 bits per heavy atom. The fraction of sp³-hybridized carbons (Fsp3) is 0.464. The smallest absolute Gasteiger partial charge is 0.293 e. The number of piperidine rings is 1. The highest BCUT2D eigenvalue weighted by Crippen LogP contribution is 2.38. The number of aryl methyl sites for hydroxylation is 1. The molecule has 4 heterocycles. The molecule has 5 rings (SSSR count). The third-order valence-corrected chi connectivity index (χ3v) is 7.63. The number of hydrogen-bond acceptors (Lipinski definition) is 7. The van der Waals surface area contributed by atoms with Gasteiger partial charge in [-0.1, -0.05) is 25.4 Å². The van der Waals surface area contributed by atoms with Crippen LogP contribution in [0, 0.1) is 18.4 Å². The summed E-state index contributed by atoms with van der Waals surface area (Å²) < 4.78 is 27.5. The molecule has 1 aromatic carbocycles. The Morgan fingerprint density at radius 3 is 2.74 bits per heavy atom. The fourth-order valence-electron chi connectivity index (χ4n) is 5.26. The number of fused-ring (bicyclic) bond motifs is 1. The molecule has 0 radical (unpaired) electrons. The number of nitrogens with zero attached hydrogens (tertiary/aromatic N) is 4. The molecule has 0 spiro atoms. The van der Waals surface area contributed by atoms with Crippen molar-refractivity contribution in [3.8, 4) is 5.75 Å². The second-order valence-electron chi connectivity index (χ2n) is 10.4. The van der Waals surface area contributed by atoms with Gasteiger partial charge in [0.05, 0.1) is 23.7 Å². The number of nitrogens with one attached hydrogen (secondary N) is 2. The lowest BCUT2D eigenvalue weighted by Gasteiger charge is -2.39. The number of rotatable bonds is 6. The molecule has 2 saturated heterocycles. The van der Waals surface area contributed by atoms with Gasteiger partial charge in [-0.05, 0) is 30.3 Å². The number of ether oxygens (including phenoxy) is 2. The van der Waals surface area contributed by atoms with Gasteiger partial charge in [0.1, 0.15) is 30.5 Å². The van der Waals surface area contributed by atoms with Crippen LogP contribution < -0.4 is 25.8 Å². The Bertz CT molecular complexity index is 1460. The molecule has 2 N–H and O–H groups in total. The average molecular weight is 555 g/mol. The van der Waals surface area contributed by atoms with Crippen LogP contribution in [0.15, 0.2) is 35.1 Å². The molecular formula is C28H32ClFN6O3. The van der Waals surface area contributed by atoms with Gasteiger partial charge in [-0.25, -0.2) is 14.2 Å². The molecule has 2 fully saturated rings. The molecule has 2 aromatic heterocycles. The zero-order valence-corrected chi connectivity index (χ0v) is 23.0. The predicted octanol–water partition coefficient (Wildman–Crippen LogP) is 4.68. The summed E-state index contributed by atoms with van der Waals surface area (Å²) in [5.41, 5.74) is 1.55. The molecule has 206 valence electrons. The van der Waals surface area contributed by atoms with Gasteiger partial charge in [0, 0.05) is 56.1 Å². The van der Waals surface area contributed by atoms with Crippen LogP contribution in [0.4, 0.5) is 27.4 Å². The standard InChI is InChI=1S/C28H32ClFN6O3/c1-16-13-36(14-17(2)25(16)30)27-22(31-3)11-21(29)26(34-27)33-19-5-6-23-18(9-19)10-24(28(37)35(23)4)39-15-20-12-32-7-8-38-20/h5-6,9-11,16-17,20,25,32H,7-8,12-15H2,1-2,4H3,(H,33,34)/t16-,17+,20-,25?/m0/s1. The highest BCUT2D eigenvalue weighted by atomic mass is 35.5. The summed E-state index contributed by atoms with van der Waals surface area (Å²) in [4.78, 5) is 23.2. The summed E-state index contributed by atoms with van der Waals surface area (Å²) in [6.45, 7) is 14.7. The Labute approximate surface area is 231 Å². The maximum absolute atomic E-state index is 14.4. The first-order valence-electron chi connectivity index (χ1n) is 13.1. The number of aromatic nitrogens is 2. The van der Waals surface area contributed by atoms with Crippen molar-refractivity contribution < 1.29 is 13.9 Å². The first-order valence-corrected chi connectivity index (χ1v) is 13.5. The SMILES string of the molecule is [C-]#[N+]c1cc(Cl)c(Nc2ccc3c(c2)cc(OC[C@@H]2CNCCO2)c(=O)n3C)nc1N1C[C@@H](C)C(F)[C@@H](C)C1. The van der Waals surface area contributed by atoms with Crippen LogP contribution in [0.2, 0.25) is 5.02 Å². The number of morpholine rings is 1. The van der Waals surface area contributed by atoms with E-state index in [1.54, 1.807) is 23.7 Å². The van der Waals surface area contributed by atoms with Gasteiger partial charge in [-0.15, -0.1) is 0 Å². The summed E-state index contributed by atoms with van der Waals surface area (Å²) in [5.74, 6) is 0.775. The Balaban J connectivity index is 1.43. The Morgan fingerprint density at radius 2 is 2.05 bits per heavy atom.